The van der Waals surface area contributed by atoms with E-state index in [2.05, 4.69) is 32.2 Å². The number of aromatic nitrogens is 3. The van der Waals surface area contributed by atoms with Gasteiger partial charge in [0.25, 0.3) is 0 Å². The summed E-state index contributed by atoms with van der Waals surface area (Å²) in [7, 11) is 1.77. The van der Waals surface area contributed by atoms with Crippen LogP contribution in [-0.2, 0) is 11.2 Å². The maximum atomic E-state index is 12.7. The number of carbonyl (C=O) groups excluding carboxylic acids is 2. The van der Waals surface area contributed by atoms with Crippen molar-refractivity contribution >= 4 is 17.8 Å². The Kier molecular flexibility index (Phi) is 9.95. The van der Waals surface area contributed by atoms with Gasteiger partial charge >= 0.3 is 6.03 Å². The molecule has 1 unspecified atom stereocenters. The van der Waals surface area contributed by atoms with E-state index < -0.39 is 6.03 Å². The van der Waals surface area contributed by atoms with Gasteiger partial charge in [0.1, 0.15) is 0 Å². The number of anilines is 1. The summed E-state index contributed by atoms with van der Waals surface area (Å²) < 4.78 is 0. The van der Waals surface area contributed by atoms with Crippen molar-refractivity contribution in [2.75, 3.05) is 18.9 Å². The number of hydrogen-bond acceptors (Lipinski definition) is 5. The zero-order chi connectivity index (χ0) is 24.2. The fourth-order valence-corrected chi connectivity index (χ4v) is 3.08. The summed E-state index contributed by atoms with van der Waals surface area (Å²) in [6.07, 6.45) is 13.1. The third-order valence-electron chi connectivity index (χ3n) is 5.00. The van der Waals surface area contributed by atoms with E-state index in [1.807, 2.05) is 45.2 Å². The number of allylic oxidation sites excluding steroid dienone is 3. The number of hydrogen-bond donors (Lipinski definition) is 2. The van der Waals surface area contributed by atoms with E-state index in [9.17, 15) is 9.59 Å². The largest absolute Gasteiger partial charge is 0.346 e. The van der Waals surface area contributed by atoms with Crippen LogP contribution in [0.2, 0.25) is 0 Å². The Bertz CT molecular complexity index is 999. The molecule has 0 aliphatic carbocycles. The molecule has 2 N–H and O–H groups in total. The van der Waals surface area contributed by atoms with E-state index in [0.717, 1.165) is 16.8 Å². The lowest BCUT2D eigenvalue weighted by atomic mass is 9.97. The molecule has 174 valence electrons. The quantitative estimate of drug-likeness (QED) is 0.534. The van der Waals surface area contributed by atoms with Gasteiger partial charge in [0.05, 0.1) is 24.0 Å². The minimum atomic E-state index is -0.460. The molecular formula is C25H32N6O2. The first kappa shape index (κ1) is 25.5. The minimum Gasteiger partial charge on any atom is -0.346 e. The average Bonchev–Trinajstić information content (AvgIpc) is 2.82. The molecule has 33 heavy (non-hydrogen) atoms. The molecule has 1 atom stereocenters. The van der Waals surface area contributed by atoms with Crippen molar-refractivity contribution in [3.8, 4) is 0 Å². The number of pyridine rings is 1. The van der Waals surface area contributed by atoms with Gasteiger partial charge in [-0.25, -0.2) is 9.78 Å². The van der Waals surface area contributed by atoms with E-state index in [0.29, 0.717) is 30.9 Å². The van der Waals surface area contributed by atoms with Crippen LogP contribution in [0.3, 0.4) is 0 Å². The van der Waals surface area contributed by atoms with Crippen LogP contribution < -0.4 is 10.6 Å². The van der Waals surface area contributed by atoms with Gasteiger partial charge in [-0.15, -0.1) is 0 Å². The van der Waals surface area contributed by atoms with E-state index in [4.69, 9.17) is 0 Å². The molecule has 0 bridgehead atoms. The smallest absolute Gasteiger partial charge is 0.324 e. The minimum absolute atomic E-state index is 0.00807. The van der Waals surface area contributed by atoms with Gasteiger partial charge in [-0.05, 0) is 50.0 Å². The van der Waals surface area contributed by atoms with Crippen molar-refractivity contribution in [2.45, 2.75) is 33.6 Å². The second-order valence-electron chi connectivity index (χ2n) is 7.63. The van der Waals surface area contributed by atoms with Crippen LogP contribution >= 0.6 is 0 Å². The van der Waals surface area contributed by atoms with Crippen LogP contribution in [0.15, 0.2) is 73.0 Å². The van der Waals surface area contributed by atoms with Crippen molar-refractivity contribution in [1.29, 1.82) is 0 Å². The molecule has 0 radical (unpaired) electrons. The van der Waals surface area contributed by atoms with E-state index in [1.54, 1.807) is 36.5 Å². The molecule has 0 aromatic carbocycles. The summed E-state index contributed by atoms with van der Waals surface area (Å²) in [5.74, 6) is -0.0151. The highest BCUT2D eigenvalue weighted by molar-refractivity contribution is 5.90. The van der Waals surface area contributed by atoms with E-state index >= 15 is 0 Å². The summed E-state index contributed by atoms with van der Waals surface area (Å²) in [6.45, 7) is 10.00. The Morgan fingerprint density at radius 3 is 2.64 bits per heavy atom. The lowest BCUT2D eigenvalue weighted by molar-refractivity contribution is -0.131. The number of nitrogens with zero attached hydrogens (tertiary/aromatic N) is 4. The van der Waals surface area contributed by atoms with Gasteiger partial charge in [-0.1, -0.05) is 31.7 Å². The lowest BCUT2D eigenvalue weighted by Gasteiger charge is -2.20. The highest BCUT2D eigenvalue weighted by Crippen LogP contribution is 2.19. The predicted molar refractivity (Wildman–Crippen MR) is 130 cm³/mol. The van der Waals surface area contributed by atoms with Crippen molar-refractivity contribution in [3.63, 3.8) is 0 Å². The Balaban J connectivity index is 2.26. The van der Waals surface area contributed by atoms with Crippen LogP contribution in [0.5, 0.6) is 0 Å². The monoisotopic (exact) mass is 448 g/mol. The molecule has 8 nitrogen and oxygen atoms in total. The number of urea groups is 1. The molecule has 2 heterocycles. The molecule has 0 saturated heterocycles. The zero-order valence-electron chi connectivity index (χ0n) is 19.7. The van der Waals surface area contributed by atoms with Gasteiger partial charge in [-0.3, -0.25) is 20.1 Å². The van der Waals surface area contributed by atoms with Crippen LogP contribution in [0.25, 0.3) is 0 Å². The molecular weight excluding hydrogens is 416 g/mol. The molecule has 2 aromatic heterocycles. The highest BCUT2D eigenvalue weighted by atomic mass is 16.2. The van der Waals surface area contributed by atoms with Crippen molar-refractivity contribution in [3.05, 3.63) is 84.3 Å². The fraction of sp³-hybridized carbons (Fsp3) is 0.320. The standard InChI is InChI=1S/C25H32N6O2/c1-6-9-22(29-25(33)30-23-17-27-19(4)15-28-23)21(12-11-20-10-8-13-26-16-20)14-18(3)24(32)31(5)7-2/h6,8-10,13-18H,1,7,11-12H2,2-5H3,(H2,28,29,30,33)/b21-14-,22-9+. The second-order valence-corrected chi connectivity index (χ2v) is 7.63. The van der Waals surface area contributed by atoms with Gasteiger partial charge in [0.15, 0.2) is 5.82 Å². The van der Waals surface area contributed by atoms with E-state index in [1.165, 1.54) is 6.20 Å². The first-order valence-electron chi connectivity index (χ1n) is 10.9. The normalized spacial score (nSPS) is 12.6. The molecule has 2 rings (SSSR count). The van der Waals surface area contributed by atoms with E-state index in [-0.39, 0.29) is 11.8 Å². The molecule has 8 heteroatoms. The molecule has 0 spiro atoms. The fourth-order valence-electron chi connectivity index (χ4n) is 3.08. The van der Waals surface area contributed by atoms with Gasteiger partial charge < -0.3 is 10.2 Å². The average molecular weight is 449 g/mol. The lowest BCUT2D eigenvalue weighted by Crippen LogP contribution is -2.32. The predicted octanol–water partition coefficient (Wildman–Crippen LogP) is 4.05. The van der Waals surface area contributed by atoms with Crippen LogP contribution in [0.4, 0.5) is 10.6 Å². The Morgan fingerprint density at radius 2 is 2.03 bits per heavy atom. The summed E-state index contributed by atoms with van der Waals surface area (Å²) in [6, 6.07) is 3.42. The number of aryl methyl sites for hydroxylation is 2. The first-order chi connectivity index (χ1) is 15.8. The zero-order valence-corrected chi connectivity index (χ0v) is 19.7. The highest BCUT2D eigenvalue weighted by Gasteiger charge is 2.17. The van der Waals surface area contributed by atoms with Gasteiger partial charge in [0, 0.05) is 31.7 Å². The van der Waals surface area contributed by atoms with Crippen LogP contribution in [0, 0.1) is 12.8 Å². The van der Waals surface area contributed by atoms with Crippen molar-refractivity contribution in [2.24, 2.45) is 5.92 Å². The van der Waals surface area contributed by atoms with Crippen molar-refractivity contribution in [1.82, 2.24) is 25.2 Å². The van der Waals surface area contributed by atoms with Gasteiger partial charge in [0.2, 0.25) is 5.91 Å². The Hall–Kier alpha value is -3.81. The summed E-state index contributed by atoms with van der Waals surface area (Å²) >= 11 is 0. The summed E-state index contributed by atoms with van der Waals surface area (Å²) in [5, 5.41) is 5.55. The Morgan fingerprint density at radius 1 is 1.24 bits per heavy atom. The number of carbonyl (C=O) groups is 2. The molecule has 0 aliphatic heterocycles. The first-order valence-corrected chi connectivity index (χ1v) is 10.9. The Labute approximate surface area is 195 Å². The van der Waals surface area contributed by atoms with Crippen LogP contribution in [0.1, 0.15) is 31.5 Å². The van der Waals surface area contributed by atoms with Gasteiger partial charge in [-0.2, -0.15) is 0 Å². The third-order valence-corrected chi connectivity index (χ3v) is 5.00. The summed E-state index contributed by atoms with van der Waals surface area (Å²) in [5.41, 5.74) is 3.20. The number of rotatable bonds is 10. The summed E-state index contributed by atoms with van der Waals surface area (Å²) in [4.78, 5) is 39.4. The maximum absolute atomic E-state index is 12.7. The van der Waals surface area contributed by atoms with Crippen molar-refractivity contribution < 1.29 is 9.59 Å². The second kappa shape index (κ2) is 12.9. The third kappa shape index (κ3) is 8.33. The molecule has 0 fully saturated rings. The topological polar surface area (TPSA) is 100 Å². The molecule has 0 saturated carbocycles. The SMILES string of the molecule is C=C/C=C(NC(=O)Nc1cnc(C)cn1)\C(=C/C(C)C(=O)N(C)CC)CCc1cccnc1. The number of amides is 3. The molecule has 0 aliphatic rings. The number of nitrogens with one attached hydrogen (secondary N) is 2. The molecule has 2 aromatic rings. The van der Waals surface area contributed by atoms with Crippen LogP contribution in [-0.4, -0.2) is 45.4 Å². The maximum Gasteiger partial charge on any atom is 0.324 e. The molecule has 3 amide bonds.